The second-order valence-corrected chi connectivity index (χ2v) is 5.02. The van der Waals surface area contributed by atoms with Gasteiger partial charge in [-0.2, -0.15) is 4.39 Å². The standard InChI is InChI=1S/C18H15FN2O/c1-13-12-21(16-10-6-5-9-15(13)16)17(19)11-18(22)20-14-7-3-2-4-8-14/h2-12H,1H3,(H,20,22)/b17-11+. The van der Waals surface area contributed by atoms with E-state index >= 15 is 0 Å². The highest BCUT2D eigenvalue weighted by atomic mass is 19.1. The van der Waals surface area contributed by atoms with Gasteiger partial charge in [0.2, 0.25) is 5.95 Å². The molecular formula is C18H15FN2O. The summed E-state index contributed by atoms with van der Waals surface area (Å²) >= 11 is 0. The first-order valence-electron chi connectivity index (χ1n) is 6.95. The molecule has 0 radical (unpaired) electrons. The number of para-hydroxylation sites is 2. The number of benzene rings is 2. The predicted octanol–water partition coefficient (Wildman–Crippen LogP) is 4.36. The second-order valence-electron chi connectivity index (χ2n) is 5.02. The molecule has 1 amide bonds. The smallest absolute Gasteiger partial charge is 0.252 e. The van der Waals surface area contributed by atoms with Crippen molar-refractivity contribution in [2.75, 3.05) is 5.32 Å². The van der Waals surface area contributed by atoms with Crippen molar-refractivity contribution in [2.45, 2.75) is 6.92 Å². The number of fused-ring (bicyclic) bond motifs is 1. The van der Waals surface area contributed by atoms with Crippen molar-refractivity contribution in [1.29, 1.82) is 0 Å². The number of nitrogens with one attached hydrogen (secondary N) is 1. The lowest BCUT2D eigenvalue weighted by Gasteiger charge is -2.04. The zero-order chi connectivity index (χ0) is 15.5. The summed E-state index contributed by atoms with van der Waals surface area (Å²) in [5.41, 5.74) is 2.33. The van der Waals surface area contributed by atoms with Gasteiger partial charge >= 0.3 is 0 Å². The van der Waals surface area contributed by atoms with Crippen LogP contribution in [0.4, 0.5) is 10.1 Å². The fourth-order valence-corrected chi connectivity index (χ4v) is 2.40. The number of nitrogens with zero attached hydrogens (tertiary/aromatic N) is 1. The molecule has 4 heteroatoms. The van der Waals surface area contributed by atoms with Crippen molar-refractivity contribution in [3.63, 3.8) is 0 Å². The Morgan fingerprint density at radius 3 is 2.55 bits per heavy atom. The van der Waals surface area contributed by atoms with Crippen LogP contribution in [0.1, 0.15) is 5.56 Å². The van der Waals surface area contributed by atoms with Crippen molar-refractivity contribution in [3.05, 3.63) is 72.4 Å². The number of amides is 1. The van der Waals surface area contributed by atoms with Gasteiger partial charge in [-0.3, -0.25) is 9.36 Å². The van der Waals surface area contributed by atoms with Crippen molar-refractivity contribution in [2.24, 2.45) is 0 Å². The first-order valence-corrected chi connectivity index (χ1v) is 6.95. The molecule has 2 aromatic carbocycles. The zero-order valence-corrected chi connectivity index (χ0v) is 12.1. The van der Waals surface area contributed by atoms with Crippen LogP contribution in [-0.2, 0) is 4.79 Å². The van der Waals surface area contributed by atoms with Crippen LogP contribution < -0.4 is 5.32 Å². The lowest BCUT2D eigenvalue weighted by Crippen LogP contribution is -2.09. The number of hydrogen-bond acceptors (Lipinski definition) is 1. The number of rotatable bonds is 3. The first kappa shape index (κ1) is 14.1. The van der Waals surface area contributed by atoms with E-state index in [0.29, 0.717) is 5.69 Å². The molecule has 1 N–H and O–H groups in total. The van der Waals surface area contributed by atoms with E-state index in [9.17, 15) is 9.18 Å². The second kappa shape index (κ2) is 5.85. The minimum absolute atomic E-state index is 0.501. The van der Waals surface area contributed by atoms with Gasteiger partial charge in [-0.1, -0.05) is 36.4 Å². The highest BCUT2D eigenvalue weighted by Gasteiger charge is 2.09. The Bertz CT molecular complexity index is 850. The van der Waals surface area contributed by atoms with Crippen molar-refractivity contribution in [1.82, 2.24) is 4.57 Å². The van der Waals surface area contributed by atoms with Crippen LogP contribution in [0.25, 0.3) is 16.9 Å². The SMILES string of the molecule is Cc1cn(/C(F)=C/C(=O)Nc2ccccc2)c2ccccc12. The number of carbonyl (C=O) groups excluding carboxylic acids is 1. The third-order valence-electron chi connectivity index (χ3n) is 3.43. The molecule has 0 aliphatic rings. The van der Waals surface area contributed by atoms with Crippen LogP contribution in [-0.4, -0.2) is 10.5 Å². The lowest BCUT2D eigenvalue weighted by molar-refractivity contribution is -0.111. The van der Waals surface area contributed by atoms with Gasteiger partial charge in [0.05, 0.1) is 11.6 Å². The maximum absolute atomic E-state index is 14.4. The van der Waals surface area contributed by atoms with Crippen LogP contribution >= 0.6 is 0 Å². The van der Waals surface area contributed by atoms with E-state index in [1.165, 1.54) is 4.57 Å². The fraction of sp³-hybridized carbons (Fsp3) is 0.0556. The van der Waals surface area contributed by atoms with Gasteiger partial charge in [-0.15, -0.1) is 0 Å². The molecule has 0 saturated heterocycles. The van der Waals surface area contributed by atoms with E-state index in [1.54, 1.807) is 30.5 Å². The summed E-state index contributed by atoms with van der Waals surface area (Å²) in [5, 5.41) is 3.60. The van der Waals surface area contributed by atoms with E-state index in [-0.39, 0.29) is 0 Å². The normalized spacial score (nSPS) is 11.6. The summed E-state index contributed by atoms with van der Waals surface area (Å²) in [4.78, 5) is 11.9. The molecule has 0 aliphatic heterocycles. The summed E-state index contributed by atoms with van der Waals surface area (Å²) in [5.74, 6) is -1.11. The molecule has 3 rings (SSSR count). The van der Waals surface area contributed by atoms with Gasteiger partial charge in [0.1, 0.15) is 0 Å². The number of hydrogen-bond donors (Lipinski definition) is 1. The summed E-state index contributed by atoms with van der Waals surface area (Å²) in [6.45, 7) is 1.91. The highest BCUT2D eigenvalue weighted by molar-refractivity contribution is 6.02. The summed E-state index contributed by atoms with van der Waals surface area (Å²) in [6, 6.07) is 16.5. The molecule has 0 bridgehead atoms. The Kier molecular flexibility index (Phi) is 3.74. The third kappa shape index (κ3) is 2.76. The summed E-state index contributed by atoms with van der Waals surface area (Å²) in [6.07, 6.45) is 2.64. The molecular weight excluding hydrogens is 279 g/mol. The molecule has 0 fully saturated rings. The van der Waals surface area contributed by atoms with Gasteiger partial charge in [0, 0.05) is 17.3 Å². The van der Waals surface area contributed by atoms with E-state index < -0.39 is 11.9 Å². The molecule has 3 aromatic rings. The van der Waals surface area contributed by atoms with Crippen LogP contribution in [0.15, 0.2) is 66.9 Å². The average Bonchev–Trinajstić information content (AvgIpc) is 2.86. The monoisotopic (exact) mass is 294 g/mol. The van der Waals surface area contributed by atoms with Crippen molar-refractivity contribution in [3.8, 4) is 0 Å². The molecule has 0 aliphatic carbocycles. The molecule has 1 heterocycles. The molecule has 22 heavy (non-hydrogen) atoms. The Labute approximate surface area is 127 Å². The third-order valence-corrected chi connectivity index (χ3v) is 3.43. The topological polar surface area (TPSA) is 34.0 Å². The van der Waals surface area contributed by atoms with Gasteiger partial charge in [-0.05, 0) is 30.7 Å². The van der Waals surface area contributed by atoms with Crippen LogP contribution in [0, 0.1) is 6.92 Å². The maximum Gasteiger partial charge on any atom is 0.252 e. The molecule has 0 unspecified atom stereocenters. The molecule has 110 valence electrons. The Hall–Kier alpha value is -2.88. The maximum atomic E-state index is 14.4. The van der Waals surface area contributed by atoms with Gasteiger partial charge < -0.3 is 5.32 Å². The summed E-state index contributed by atoms with van der Waals surface area (Å²) < 4.78 is 15.8. The Morgan fingerprint density at radius 2 is 1.77 bits per heavy atom. The van der Waals surface area contributed by atoms with Crippen LogP contribution in [0.3, 0.4) is 0 Å². The Balaban J connectivity index is 1.89. The average molecular weight is 294 g/mol. The van der Waals surface area contributed by atoms with E-state index in [1.807, 2.05) is 37.3 Å². The molecule has 1 aromatic heterocycles. The zero-order valence-electron chi connectivity index (χ0n) is 12.1. The van der Waals surface area contributed by atoms with Crippen LogP contribution in [0.5, 0.6) is 0 Å². The fourth-order valence-electron chi connectivity index (χ4n) is 2.40. The number of anilines is 1. The summed E-state index contributed by atoms with van der Waals surface area (Å²) in [7, 11) is 0. The van der Waals surface area contributed by atoms with E-state index in [2.05, 4.69) is 5.32 Å². The Morgan fingerprint density at radius 1 is 1.09 bits per heavy atom. The van der Waals surface area contributed by atoms with Crippen LogP contribution in [0.2, 0.25) is 0 Å². The van der Waals surface area contributed by atoms with Gasteiger partial charge in [0.15, 0.2) is 0 Å². The minimum atomic E-state index is -0.613. The molecule has 0 spiro atoms. The quantitative estimate of drug-likeness (QED) is 0.716. The van der Waals surface area contributed by atoms with Gasteiger partial charge in [-0.25, -0.2) is 0 Å². The number of aromatic nitrogens is 1. The van der Waals surface area contributed by atoms with Gasteiger partial charge in [0.25, 0.3) is 5.91 Å². The number of halogens is 1. The van der Waals surface area contributed by atoms with Crippen molar-refractivity contribution >= 4 is 28.4 Å². The van der Waals surface area contributed by atoms with E-state index in [4.69, 9.17) is 0 Å². The predicted molar refractivity (Wildman–Crippen MR) is 87.1 cm³/mol. The first-order chi connectivity index (χ1) is 10.6. The van der Waals surface area contributed by atoms with E-state index in [0.717, 1.165) is 22.5 Å². The molecule has 0 atom stereocenters. The number of aryl methyl sites for hydroxylation is 1. The van der Waals surface area contributed by atoms with Crippen molar-refractivity contribution < 1.29 is 9.18 Å². The highest BCUT2D eigenvalue weighted by Crippen LogP contribution is 2.24. The lowest BCUT2D eigenvalue weighted by atomic mass is 10.2. The molecule has 0 saturated carbocycles. The minimum Gasteiger partial charge on any atom is -0.322 e. The molecule has 3 nitrogen and oxygen atoms in total. The number of carbonyl (C=O) groups is 1. The largest absolute Gasteiger partial charge is 0.322 e.